The number of methoxy groups -OCH3 is 1. The van der Waals surface area contributed by atoms with Gasteiger partial charge in [0.1, 0.15) is 18.1 Å². The van der Waals surface area contributed by atoms with Crippen LogP contribution >= 0.6 is 11.6 Å². The Labute approximate surface area is 135 Å². The third-order valence-corrected chi connectivity index (χ3v) is 3.40. The fourth-order valence-electron chi connectivity index (χ4n) is 1.89. The molecule has 0 heterocycles. The van der Waals surface area contributed by atoms with Crippen molar-refractivity contribution in [3.05, 3.63) is 58.6 Å². The van der Waals surface area contributed by atoms with Crippen molar-refractivity contribution in [1.82, 2.24) is 5.32 Å². The summed E-state index contributed by atoms with van der Waals surface area (Å²) in [5, 5.41) is 3.36. The number of hydrogen-bond donors (Lipinski definition) is 1. The lowest BCUT2D eigenvalue weighted by Crippen LogP contribution is -2.28. The standard InChI is InChI=1S/C17H18ClNO3/c1-12-3-8-15(18)16(11-12)22-10-9-19-17(20)13-4-6-14(21-2)7-5-13/h3-8,11H,9-10H2,1-2H3,(H,19,20). The molecule has 22 heavy (non-hydrogen) atoms. The fraction of sp³-hybridized carbons (Fsp3) is 0.235. The van der Waals surface area contributed by atoms with Gasteiger partial charge in [-0.2, -0.15) is 0 Å². The van der Waals surface area contributed by atoms with Crippen molar-refractivity contribution < 1.29 is 14.3 Å². The van der Waals surface area contributed by atoms with Crippen molar-refractivity contribution in [2.24, 2.45) is 0 Å². The Morgan fingerprint density at radius 1 is 1.18 bits per heavy atom. The number of carbonyl (C=O) groups excluding carboxylic acids is 1. The highest BCUT2D eigenvalue weighted by Gasteiger charge is 2.06. The fourth-order valence-corrected chi connectivity index (χ4v) is 2.06. The second-order valence-electron chi connectivity index (χ2n) is 4.77. The molecule has 0 radical (unpaired) electrons. The van der Waals surface area contributed by atoms with E-state index in [4.69, 9.17) is 21.1 Å². The van der Waals surface area contributed by atoms with E-state index >= 15 is 0 Å². The predicted octanol–water partition coefficient (Wildman–Crippen LogP) is 3.47. The van der Waals surface area contributed by atoms with Crippen LogP contribution in [0.1, 0.15) is 15.9 Å². The molecule has 1 amide bonds. The van der Waals surface area contributed by atoms with Crippen molar-refractivity contribution in [1.29, 1.82) is 0 Å². The molecule has 5 heteroatoms. The highest BCUT2D eigenvalue weighted by molar-refractivity contribution is 6.32. The molecule has 0 saturated carbocycles. The number of amides is 1. The summed E-state index contributed by atoms with van der Waals surface area (Å²) < 4.78 is 10.6. The predicted molar refractivity (Wildman–Crippen MR) is 87.0 cm³/mol. The summed E-state index contributed by atoms with van der Waals surface area (Å²) in [4.78, 5) is 11.9. The minimum Gasteiger partial charge on any atom is -0.497 e. The molecule has 0 unspecified atom stereocenters. The average molecular weight is 320 g/mol. The van der Waals surface area contributed by atoms with Gasteiger partial charge >= 0.3 is 0 Å². The van der Waals surface area contributed by atoms with E-state index < -0.39 is 0 Å². The van der Waals surface area contributed by atoms with Crippen molar-refractivity contribution in [3.63, 3.8) is 0 Å². The van der Waals surface area contributed by atoms with Gasteiger partial charge in [0.05, 0.1) is 18.7 Å². The number of halogens is 1. The van der Waals surface area contributed by atoms with E-state index in [1.807, 2.05) is 19.1 Å². The van der Waals surface area contributed by atoms with E-state index in [0.717, 1.165) is 5.56 Å². The zero-order valence-corrected chi connectivity index (χ0v) is 13.3. The number of nitrogens with one attached hydrogen (secondary N) is 1. The molecule has 116 valence electrons. The van der Waals surface area contributed by atoms with Crippen LogP contribution in [-0.2, 0) is 0 Å². The lowest BCUT2D eigenvalue weighted by atomic mass is 10.2. The maximum Gasteiger partial charge on any atom is 0.251 e. The molecule has 0 atom stereocenters. The van der Waals surface area contributed by atoms with Gasteiger partial charge in [0.25, 0.3) is 5.91 Å². The van der Waals surface area contributed by atoms with Crippen LogP contribution in [0, 0.1) is 6.92 Å². The Kier molecular flexibility index (Phi) is 5.67. The van der Waals surface area contributed by atoms with Crippen molar-refractivity contribution >= 4 is 17.5 Å². The molecule has 0 aliphatic rings. The van der Waals surface area contributed by atoms with Crippen LogP contribution in [0.15, 0.2) is 42.5 Å². The summed E-state index contributed by atoms with van der Waals surface area (Å²) in [6.45, 7) is 2.72. The molecule has 0 bridgehead atoms. The van der Waals surface area contributed by atoms with E-state index in [-0.39, 0.29) is 5.91 Å². The summed E-state index contributed by atoms with van der Waals surface area (Å²) in [5.74, 6) is 1.19. The quantitative estimate of drug-likeness (QED) is 0.829. The van der Waals surface area contributed by atoms with E-state index in [1.54, 1.807) is 37.4 Å². The average Bonchev–Trinajstić information content (AvgIpc) is 2.54. The molecule has 0 fully saturated rings. The number of hydrogen-bond acceptors (Lipinski definition) is 3. The number of aryl methyl sites for hydroxylation is 1. The van der Waals surface area contributed by atoms with E-state index in [2.05, 4.69) is 5.32 Å². The molecule has 0 aromatic heterocycles. The first-order valence-corrected chi connectivity index (χ1v) is 7.29. The number of benzene rings is 2. The van der Waals surface area contributed by atoms with Gasteiger partial charge in [0.15, 0.2) is 0 Å². The summed E-state index contributed by atoms with van der Waals surface area (Å²) in [5.41, 5.74) is 1.65. The van der Waals surface area contributed by atoms with Crippen LogP contribution in [0.4, 0.5) is 0 Å². The Bertz CT molecular complexity index is 641. The molecule has 0 spiro atoms. The van der Waals surface area contributed by atoms with Gasteiger partial charge in [-0.3, -0.25) is 4.79 Å². The first kappa shape index (κ1) is 16.2. The van der Waals surface area contributed by atoms with Crippen LogP contribution in [-0.4, -0.2) is 26.2 Å². The van der Waals surface area contributed by atoms with Gasteiger partial charge < -0.3 is 14.8 Å². The van der Waals surface area contributed by atoms with Crippen LogP contribution in [0.5, 0.6) is 11.5 Å². The lowest BCUT2D eigenvalue weighted by Gasteiger charge is -2.10. The molecule has 1 N–H and O–H groups in total. The highest BCUT2D eigenvalue weighted by Crippen LogP contribution is 2.24. The van der Waals surface area contributed by atoms with Gasteiger partial charge in [-0.25, -0.2) is 0 Å². The molecule has 0 aliphatic carbocycles. The van der Waals surface area contributed by atoms with Gasteiger partial charge in [0, 0.05) is 5.56 Å². The topological polar surface area (TPSA) is 47.6 Å². The van der Waals surface area contributed by atoms with Crippen molar-refractivity contribution in [3.8, 4) is 11.5 Å². The molecular weight excluding hydrogens is 302 g/mol. The highest BCUT2D eigenvalue weighted by atomic mass is 35.5. The van der Waals surface area contributed by atoms with E-state index in [1.165, 1.54) is 0 Å². The van der Waals surface area contributed by atoms with Crippen LogP contribution in [0.3, 0.4) is 0 Å². The van der Waals surface area contributed by atoms with E-state index in [9.17, 15) is 4.79 Å². The Morgan fingerprint density at radius 3 is 2.59 bits per heavy atom. The monoisotopic (exact) mass is 319 g/mol. The van der Waals surface area contributed by atoms with Crippen LogP contribution < -0.4 is 14.8 Å². The van der Waals surface area contributed by atoms with E-state index in [0.29, 0.717) is 35.2 Å². The SMILES string of the molecule is COc1ccc(C(=O)NCCOc2cc(C)ccc2Cl)cc1. The third-order valence-electron chi connectivity index (χ3n) is 3.08. The summed E-state index contributed by atoms with van der Waals surface area (Å²) >= 11 is 6.04. The van der Waals surface area contributed by atoms with Crippen molar-refractivity contribution in [2.75, 3.05) is 20.3 Å². The van der Waals surface area contributed by atoms with Crippen molar-refractivity contribution in [2.45, 2.75) is 6.92 Å². The van der Waals surface area contributed by atoms with Crippen LogP contribution in [0.25, 0.3) is 0 Å². The zero-order chi connectivity index (χ0) is 15.9. The molecule has 4 nitrogen and oxygen atoms in total. The summed E-state index contributed by atoms with van der Waals surface area (Å²) in [6, 6.07) is 12.5. The molecular formula is C17H18ClNO3. The first-order chi connectivity index (χ1) is 10.6. The number of carbonyl (C=O) groups is 1. The molecule has 2 aromatic rings. The molecule has 2 aromatic carbocycles. The second-order valence-corrected chi connectivity index (χ2v) is 5.17. The largest absolute Gasteiger partial charge is 0.497 e. The summed E-state index contributed by atoms with van der Waals surface area (Å²) in [6.07, 6.45) is 0. The summed E-state index contributed by atoms with van der Waals surface area (Å²) in [7, 11) is 1.59. The van der Waals surface area contributed by atoms with Gasteiger partial charge in [-0.05, 0) is 48.9 Å². The molecule has 2 rings (SSSR count). The minimum absolute atomic E-state index is 0.151. The Hall–Kier alpha value is -2.20. The smallest absolute Gasteiger partial charge is 0.251 e. The number of rotatable bonds is 6. The zero-order valence-electron chi connectivity index (χ0n) is 12.6. The molecule has 0 aliphatic heterocycles. The molecule has 0 saturated heterocycles. The second kappa shape index (κ2) is 7.71. The minimum atomic E-state index is -0.151. The first-order valence-electron chi connectivity index (χ1n) is 6.91. The van der Waals surface area contributed by atoms with Gasteiger partial charge in [-0.1, -0.05) is 17.7 Å². The third kappa shape index (κ3) is 4.40. The van der Waals surface area contributed by atoms with Gasteiger partial charge in [0.2, 0.25) is 0 Å². The number of ether oxygens (including phenoxy) is 2. The lowest BCUT2D eigenvalue weighted by molar-refractivity contribution is 0.0947. The Balaban J connectivity index is 1.80. The maximum atomic E-state index is 11.9. The maximum absolute atomic E-state index is 11.9. The van der Waals surface area contributed by atoms with Gasteiger partial charge in [-0.15, -0.1) is 0 Å². The normalized spacial score (nSPS) is 10.1. The van der Waals surface area contributed by atoms with Crippen LogP contribution in [0.2, 0.25) is 5.02 Å². The Morgan fingerprint density at radius 2 is 1.91 bits per heavy atom.